The van der Waals surface area contributed by atoms with Gasteiger partial charge in [0.2, 0.25) is 0 Å². The lowest BCUT2D eigenvalue weighted by Crippen LogP contribution is -2.05. The number of hydrogen-bond donors (Lipinski definition) is 0. The highest BCUT2D eigenvalue weighted by molar-refractivity contribution is 6.20. The van der Waals surface area contributed by atoms with Crippen LogP contribution >= 0.6 is 11.6 Å². The molecule has 3 heteroatoms. The first kappa shape index (κ1) is 11.9. The largest absolute Gasteiger partial charge is 0.378 e. The standard InChI is InChI=1S/C13H16ClFO/c14-13(8-7-12-2-1-9-16-12)10-3-5-11(15)6-4-10/h3-6,12-13H,1-2,7-9H2. The predicted octanol–water partition coefficient (Wildman–Crippen LogP) is 4.06. The Bertz CT molecular complexity index is 319. The van der Waals surface area contributed by atoms with E-state index in [1.165, 1.54) is 12.1 Å². The number of hydrogen-bond acceptors (Lipinski definition) is 1. The van der Waals surface area contributed by atoms with Crippen molar-refractivity contribution in [3.63, 3.8) is 0 Å². The molecule has 0 spiro atoms. The molecule has 1 aromatic carbocycles. The van der Waals surface area contributed by atoms with Crippen LogP contribution in [0, 0.1) is 5.82 Å². The summed E-state index contributed by atoms with van der Waals surface area (Å²) in [4.78, 5) is 0. The maximum Gasteiger partial charge on any atom is 0.123 e. The molecule has 0 saturated carbocycles. The molecule has 1 heterocycles. The Balaban J connectivity index is 1.82. The van der Waals surface area contributed by atoms with Gasteiger partial charge in [0.15, 0.2) is 0 Å². The van der Waals surface area contributed by atoms with E-state index in [2.05, 4.69) is 0 Å². The van der Waals surface area contributed by atoms with Crippen LogP contribution in [0.1, 0.15) is 36.6 Å². The minimum atomic E-state index is -0.216. The van der Waals surface area contributed by atoms with Crippen molar-refractivity contribution in [2.45, 2.75) is 37.2 Å². The quantitative estimate of drug-likeness (QED) is 0.724. The zero-order valence-electron chi connectivity index (χ0n) is 9.16. The summed E-state index contributed by atoms with van der Waals surface area (Å²) in [7, 11) is 0. The van der Waals surface area contributed by atoms with E-state index in [4.69, 9.17) is 16.3 Å². The van der Waals surface area contributed by atoms with Crippen molar-refractivity contribution in [1.29, 1.82) is 0 Å². The van der Waals surface area contributed by atoms with E-state index in [9.17, 15) is 4.39 Å². The van der Waals surface area contributed by atoms with Crippen molar-refractivity contribution in [1.82, 2.24) is 0 Å². The summed E-state index contributed by atoms with van der Waals surface area (Å²) in [6.07, 6.45) is 4.56. The molecule has 16 heavy (non-hydrogen) atoms. The smallest absolute Gasteiger partial charge is 0.123 e. The Morgan fingerprint density at radius 1 is 1.38 bits per heavy atom. The lowest BCUT2D eigenvalue weighted by molar-refractivity contribution is 0.102. The van der Waals surface area contributed by atoms with Crippen LogP contribution in [-0.2, 0) is 4.74 Å². The van der Waals surface area contributed by atoms with Crippen LogP contribution in [0.2, 0.25) is 0 Å². The van der Waals surface area contributed by atoms with E-state index in [0.29, 0.717) is 6.10 Å². The van der Waals surface area contributed by atoms with Gasteiger partial charge in [-0.15, -0.1) is 11.6 Å². The molecular weight excluding hydrogens is 227 g/mol. The highest BCUT2D eigenvalue weighted by atomic mass is 35.5. The van der Waals surface area contributed by atoms with Crippen LogP contribution in [0.5, 0.6) is 0 Å². The van der Waals surface area contributed by atoms with Crippen molar-refractivity contribution in [2.24, 2.45) is 0 Å². The number of alkyl halides is 1. The van der Waals surface area contributed by atoms with Crippen LogP contribution in [0.4, 0.5) is 4.39 Å². The fourth-order valence-corrected chi connectivity index (χ4v) is 2.31. The fourth-order valence-electron chi connectivity index (χ4n) is 2.04. The molecule has 0 N–H and O–H groups in total. The first-order valence-corrected chi connectivity index (χ1v) is 6.20. The highest BCUT2D eigenvalue weighted by Gasteiger charge is 2.17. The van der Waals surface area contributed by atoms with Gasteiger partial charge in [0.05, 0.1) is 11.5 Å². The molecule has 0 aliphatic carbocycles. The van der Waals surface area contributed by atoms with Crippen LogP contribution < -0.4 is 0 Å². The summed E-state index contributed by atoms with van der Waals surface area (Å²) in [6.45, 7) is 0.883. The van der Waals surface area contributed by atoms with Gasteiger partial charge >= 0.3 is 0 Å². The first-order chi connectivity index (χ1) is 7.75. The Hall–Kier alpha value is -0.600. The number of halogens is 2. The zero-order chi connectivity index (χ0) is 11.4. The molecule has 2 unspecified atom stereocenters. The van der Waals surface area contributed by atoms with E-state index in [-0.39, 0.29) is 11.2 Å². The number of rotatable bonds is 4. The van der Waals surface area contributed by atoms with Crippen molar-refractivity contribution in [2.75, 3.05) is 6.61 Å². The van der Waals surface area contributed by atoms with Gasteiger partial charge in [-0.25, -0.2) is 4.39 Å². The highest BCUT2D eigenvalue weighted by Crippen LogP contribution is 2.28. The van der Waals surface area contributed by atoms with Gasteiger partial charge in [-0.05, 0) is 43.4 Å². The van der Waals surface area contributed by atoms with E-state index in [1.807, 2.05) is 0 Å². The van der Waals surface area contributed by atoms with Gasteiger partial charge in [0, 0.05) is 6.61 Å². The molecule has 1 aromatic rings. The van der Waals surface area contributed by atoms with Gasteiger partial charge < -0.3 is 4.74 Å². The SMILES string of the molecule is Fc1ccc(C(Cl)CCC2CCCO2)cc1. The fraction of sp³-hybridized carbons (Fsp3) is 0.538. The van der Waals surface area contributed by atoms with Crippen molar-refractivity contribution >= 4 is 11.6 Å². The molecule has 1 aliphatic rings. The lowest BCUT2D eigenvalue weighted by atomic mass is 10.0. The normalized spacial score (nSPS) is 22.2. The molecule has 2 rings (SSSR count). The molecule has 2 atom stereocenters. The predicted molar refractivity (Wildman–Crippen MR) is 63.2 cm³/mol. The van der Waals surface area contributed by atoms with E-state index in [0.717, 1.165) is 37.9 Å². The van der Waals surface area contributed by atoms with Gasteiger partial charge in [-0.3, -0.25) is 0 Å². The van der Waals surface area contributed by atoms with E-state index in [1.54, 1.807) is 12.1 Å². The zero-order valence-corrected chi connectivity index (χ0v) is 9.92. The lowest BCUT2D eigenvalue weighted by Gasteiger charge is -2.13. The minimum Gasteiger partial charge on any atom is -0.378 e. The van der Waals surface area contributed by atoms with Crippen LogP contribution in [0.15, 0.2) is 24.3 Å². The third kappa shape index (κ3) is 3.19. The maximum atomic E-state index is 12.7. The molecule has 0 aromatic heterocycles. The van der Waals surface area contributed by atoms with Crippen LogP contribution in [0.25, 0.3) is 0 Å². The third-order valence-electron chi connectivity index (χ3n) is 3.00. The average molecular weight is 243 g/mol. The van der Waals surface area contributed by atoms with Gasteiger partial charge in [-0.1, -0.05) is 12.1 Å². The summed E-state index contributed by atoms with van der Waals surface area (Å²) < 4.78 is 18.3. The molecule has 1 saturated heterocycles. The van der Waals surface area contributed by atoms with Crippen molar-refractivity contribution in [3.8, 4) is 0 Å². The third-order valence-corrected chi connectivity index (χ3v) is 3.47. The first-order valence-electron chi connectivity index (χ1n) is 5.77. The molecule has 0 bridgehead atoms. The second-order valence-electron chi connectivity index (χ2n) is 4.23. The van der Waals surface area contributed by atoms with Crippen LogP contribution in [-0.4, -0.2) is 12.7 Å². The summed E-state index contributed by atoms with van der Waals surface area (Å²) >= 11 is 6.26. The Labute approximate surface area is 101 Å². The molecular formula is C13H16ClFO. The molecule has 1 aliphatic heterocycles. The molecule has 88 valence electrons. The minimum absolute atomic E-state index is 0.0372. The molecule has 0 radical (unpaired) electrons. The van der Waals surface area contributed by atoms with Crippen LogP contribution in [0.3, 0.4) is 0 Å². The number of benzene rings is 1. The number of ether oxygens (including phenoxy) is 1. The second-order valence-corrected chi connectivity index (χ2v) is 4.76. The van der Waals surface area contributed by atoms with E-state index >= 15 is 0 Å². The molecule has 0 amide bonds. The van der Waals surface area contributed by atoms with E-state index < -0.39 is 0 Å². The van der Waals surface area contributed by atoms with Gasteiger partial charge in [0.1, 0.15) is 5.82 Å². The Morgan fingerprint density at radius 3 is 2.75 bits per heavy atom. The molecule has 1 nitrogen and oxygen atoms in total. The Morgan fingerprint density at radius 2 is 2.12 bits per heavy atom. The summed E-state index contributed by atoms with van der Waals surface area (Å²) in [6, 6.07) is 6.42. The monoisotopic (exact) mass is 242 g/mol. The molecule has 1 fully saturated rings. The summed E-state index contributed by atoms with van der Waals surface area (Å²) in [5, 5.41) is -0.0372. The topological polar surface area (TPSA) is 9.23 Å². The summed E-state index contributed by atoms with van der Waals surface area (Å²) in [5.74, 6) is -0.216. The second kappa shape index (κ2) is 5.65. The van der Waals surface area contributed by atoms with Gasteiger partial charge in [0.25, 0.3) is 0 Å². The van der Waals surface area contributed by atoms with Gasteiger partial charge in [-0.2, -0.15) is 0 Å². The average Bonchev–Trinajstić information content (AvgIpc) is 2.80. The Kier molecular flexibility index (Phi) is 4.19. The summed E-state index contributed by atoms with van der Waals surface area (Å²) in [5.41, 5.74) is 0.987. The maximum absolute atomic E-state index is 12.7. The van der Waals surface area contributed by atoms with Crippen molar-refractivity contribution in [3.05, 3.63) is 35.6 Å². The van der Waals surface area contributed by atoms with Crippen molar-refractivity contribution < 1.29 is 9.13 Å².